The first-order chi connectivity index (χ1) is 13.1. The molecule has 27 heavy (non-hydrogen) atoms. The maximum atomic E-state index is 11.4. The number of morpholine rings is 1. The van der Waals surface area contributed by atoms with Gasteiger partial charge in [0.2, 0.25) is 5.91 Å². The Bertz CT molecular complexity index is 679. The summed E-state index contributed by atoms with van der Waals surface area (Å²) in [4.78, 5) is 20.1. The van der Waals surface area contributed by atoms with Crippen LogP contribution in [0, 0.1) is 5.92 Å². The lowest BCUT2D eigenvalue weighted by Gasteiger charge is -2.34. The molecule has 148 valence electrons. The number of aliphatic imine (C=N–C) groups is 1. The second-order valence-electron chi connectivity index (χ2n) is 7.13. The van der Waals surface area contributed by atoms with Gasteiger partial charge in [-0.05, 0) is 49.7 Å². The van der Waals surface area contributed by atoms with E-state index in [1.54, 1.807) is 7.05 Å². The van der Waals surface area contributed by atoms with E-state index in [4.69, 9.17) is 16.2 Å². The minimum Gasteiger partial charge on any atom is -0.378 e. The van der Waals surface area contributed by atoms with Crippen molar-refractivity contribution in [2.24, 2.45) is 22.4 Å². The zero-order valence-corrected chi connectivity index (χ0v) is 16.0. The average Bonchev–Trinajstić information content (AvgIpc) is 2.69. The van der Waals surface area contributed by atoms with Crippen LogP contribution in [0.4, 0.5) is 11.4 Å². The van der Waals surface area contributed by atoms with E-state index in [0.29, 0.717) is 5.96 Å². The predicted molar refractivity (Wildman–Crippen MR) is 108 cm³/mol. The summed E-state index contributed by atoms with van der Waals surface area (Å²) < 4.78 is 5.50. The lowest BCUT2D eigenvalue weighted by molar-refractivity contribution is -0.123. The van der Waals surface area contributed by atoms with Crippen LogP contribution in [-0.4, -0.2) is 63.2 Å². The van der Waals surface area contributed by atoms with Crippen molar-refractivity contribution in [1.29, 1.82) is 0 Å². The van der Waals surface area contributed by atoms with E-state index in [1.807, 2.05) is 6.07 Å². The second-order valence-corrected chi connectivity index (χ2v) is 7.13. The zero-order chi connectivity index (χ0) is 19.2. The molecule has 1 amide bonds. The van der Waals surface area contributed by atoms with Gasteiger partial charge in [0.1, 0.15) is 0 Å². The van der Waals surface area contributed by atoms with E-state index in [0.717, 1.165) is 64.5 Å². The molecule has 0 aromatic heterocycles. The van der Waals surface area contributed by atoms with Crippen LogP contribution in [0.5, 0.6) is 0 Å². The summed E-state index contributed by atoms with van der Waals surface area (Å²) in [5.41, 5.74) is 14.7. The number of anilines is 2. The number of rotatable bonds is 5. The predicted octanol–water partition coefficient (Wildman–Crippen LogP) is 0.577. The van der Waals surface area contributed by atoms with Gasteiger partial charge in [-0.15, -0.1) is 0 Å². The van der Waals surface area contributed by atoms with Gasteiger partial charge in [-0.1, -0.05) is 0 Å². The molecule has 8 heteroatoms. The fraction of sp³-hybridized carbons (Fsp3) is 0.579. The Kier molecular flexibility index (Phi) is 6.52. The molecule has 1 aromatic carbocycles. The maximum absolute atomic E-state index is 11.4. The van der Waals surface area contributed by atoms with Crippen LogP contribution < -0.4 is 21.7 Å². The number of hydrogen-bond donors (Lipinski definition) is 3. The molecule has 2 fully saturated rings. The molecule has 0 unspecified atom stereocenters. The number of primary amides is 1. The molecule has 0 aliphatic carbocycles. The number of hydrogen-bond acceptors (Lipinski definition) is 5. The van der Waals surface area contributed by atoms with Gasteiger partial charge in [0, 0.05) is 44.0 Å². The number of benzene rings is 1. The highest BCUT2D eigenvalue weighted by Gasteiger charge is 2.24. The number of nitrogens with two attached hydrogens (primary N) is 2. The molecule has 2 aliphatic rings. The zero-order valence-electron chi connectivity index (χ0n) is 16.0. The summed E-state index contributed by atoms with van der Waals surface area (Å²) in [7, 11) is 1.66. The van der Waals surface area contributed by atoms with Gasteiger partial charge in [-0.3, -0.25) is 14.7 Å². The standard InChI is InChI=1S/C19H30N6O2/c1-22-19(21)23-16-2-3-17(25-8-10-27-11-9-25)15(12-16)13-24-6-4-14(5-7-24)18(20)26/h2-3,12,14H,4-11,13H2,1H3,(H2,20,26)(H3,21,22,23). The summed E-state index contributed by atoms with van der Waals surface area (Å²) in [5.74, 6) is 0.222. The Labute approximate surface area is 160 Å². The van der Waals surface area contributed by atoms with Crippen molar-refractivity contribution in [3.8, 4) is 0 Å². The largest absolute Gasteiger partial charge is 0.378 e. The minimum atomic E-state index is -0.177. The topological polar surface area (TPSA) is 109 Å². The first kappa shape index (κ1) is 19.4. The number of ether oxygens (including phenoxy) is 1. The number of carbonyl (C=O) groups excluding carboxylic acids is 1. The maximum Gasteiger partial charge on any atom is 0.220 e. The molecule has 2 aliphatic heterocycles. The Morgan fingerprint density at radius 2 is 1.93 bits per heavy atom. The quantitative estimate of drug-likeness (QED) is 0.514. The number of likely N-dealkylation sites (tertiary alicyclic amines) is 1. The molecular formula is C19H30N6O2. The van der Waals surface area contributed by atoms with E-state index in [2.05, 4.69) is 32.2 Å². The summed E-state index contributed by atoms with van der Waals surface area (Å²) in [6.45, 7) is 5.87. The summed E-state index contributed by atoms with van der Waals surface area (Å²) in [6, 6.07) is 6.32. The van der Waals surface area contributed by atoms with Crippen LogP contribution in [-0.2, 0) is 16.1 Å². The molecule has 0 spiro atoms. The molecule has 2 saturated heterocycles. The van der Waals surface area contributed by atoms with E-state index in [-0.39, 0.29) is 11.8 Å². The Morgan fingerprint density at radius 1 is 1.22 bits per heavy atom. The summed E-state index contributed by atoms with van der Waals surface area (Å²) >= 11 is 0. The molecule has 5 N–H and O–H groups in total. The van der Waals surface area contributed by atoms with Gasteiger partial charge in [0.05, 0.1) is 13.2 Å². The third-order valence-electron chi connectivity index (χ3n) is 5.33. The van der Waals surface area contributed by atoms with E-state index in [1.165, 1.54) is 11.3 Å². The Hall–Kier alpha value is -2.32. The van der Waals surface area contributed by atoms with Crippen LogP contribution in [0.25, 0.3) is 0 Å². The molecule has 8 nitrogen and oxygen atoms in total. The third-order valence-corrected chi connectivity index (χ3v) is 5.33. The molecule has 0 bridgehead atoms. The van der Waals surface area contributed by atoms with Crippen molar-refractivity contribution in [3.05, 3.63) is 23.8 Å². The number of nitrogens with one attached hydrogen (secondary N) is 1. The van der Waals surface area contributed by atoms with E-state index < -0.39 is 0 Å². The molecule has 0 radical (unpaired) electrons. The summed E-state index contributed by atoms with van der Waals surface area (Å²) in [5, 5.41) is 3.13. The smallest absolute Gasteiger partial charge is 0.220 e. The Morgan fingerprint density at radius 3 is 2.56 bits per heavy atom. The first-order valence-corrected chi connectivity index (χ1v) is 9.53. The van der Waals surface area contributed by atoms with E-state index in [9.17, 15) is 4.79 Å². The van der Waals surface area contributed by atoms with Crippen LogP contribution >= 0.6 is 0 Å². The number of amides is 1. The molecule has 0 saturated carbocycles. The molecule has 3 rings (SSSR count). The van der Waals surface area contributed by atoms with Gasteiger partial charge in [0.25, 0.3) is 0 Å². The lowest BCUT2D eigenvalue weighted by Crippen LogP contribution is -2.39. The fourth-order valence-electron chi connectivity index (χ4n) is 3.72. The third kappa shape index (κ3) is 5.11. The lowest BCUT2D eigenvalue weighted by atomic mass is 9.96. The SMILES string of the molecule is CN=C(N)Nc1ccc(N2CCOCC2)c(CN2CCC(C(N)=O)CC2)c1. The van der Waals surface area contributed by atoms with Gasteiger partial charge in [-0.2, -0.15) is 0 Å². The highest BCUT2D eigenvalue weighted by Crippen LogP contribution is 2.28. The van der Waals surface area contributed by atoms with Crippen molar-refractivity contribution in [3.63, 3.8) is 0 Å². The number of piperidine rings is 1. The number of nitrogens with zero attached hydrogens (tertiary/aromatic N) is 3. The fourth-order valence-corrected chi connectivity index (χ4v) is 3.72. The van der Waals surface area contributed by atoms with Gasteiger partial charge in [0.15, 0.2) is 5.96 Å². The van der Waals surface area contributed by atoms with E-state index >= 15 is 0 Å². The molecule has 1 aromatic rings. The normalized spacial score (nSPS) is 19.9. The highest BCUT2D eigenvalue weighted by atomic mass is 16.5. The molecule has 2 heterocycles. The number of guanidine groups is 1. The van der Waals surface area contributed by atoms with Gasteiger partial charge in [-0.25, -0.2) is 0 Å². The van der Waals surface area contributed by atoms with Crippen molar-refractivity contribution in [1.82, 2.24) is 4.90 Å². The summed E-state index contributed by atoms with van der Waals surface area (Å²) in [6.07, 6.45) is 1.66. The van der Waals surface area contributed by atoms with Gasteiger partial charge >= 0.3 is 0 Å². The Balaban J connectivity index is 1.77. The average molecular weight is 374 g/mol. The van der Waals surface area contributed by atoms with Gasteiger partial charge < -0.3 is 26.4 Å². The minimum absolute atomic E-state index is 0.00790. The highest BCUT2D eigenvalue weighted by molar-refractivity contribution is 5.92. The second kappa shape index (κ2) is 9.05. The van der Waals surface area contributed by atoms with Crippen LogP contribution in [0.15, 0.2) is 23.2 Å². The van der Waals surface area contributed by atoms with Crippen molar-refractivity contribution in [2.75, 3.05) is 56.7 Å². The molecular weight excluding hydrogens is 344 g/mol. The van der Waals surface area contributed by atoms with Crippen LogP contribution in [0.3, 0.4) is 0 Å². The molecule has 0 atom stereocenters. The monoisotopic (exact) mass is 374 g/mol. The van der Waals surface area contributed by atoms with Crippen molar-refractivity contribution in [2.45, 2.75) is 19.4 Å². The van der Waals surface area contributed by atoms with Crippen LogP contribution in [0.1, 0.15) is 18.4 Å². The first-order valence-electron chi connectivity index (χ1n) is 9.53. The van der Waals surface area contributed by atoms with Crippen molar-refractivity contribution >= 4 is 23.2 Å². The van der Waals surface area contributed by atoms with Crippen molar-refractivity contribution < 1.29 is 9.53 Å². The number of carbonyl (C=O) groups is 1. The van der Waals surface area contributed by atoms with Crippen LogP contribution in [0.2, 0.25) is 0 Å².